The van der Waals surface area contributed by atoms with Crippen LogP contribution in [-0.2, 0) is 0 Å². The Morgan fingerprint density at radius 3 is 2.53 bits per heavy atom. The maximum absolute atomic E-state index is 11.5. The summed E-state index contributed by atoms with van der Waals surface area (Å²) < 4.78 is 0. The molecule has 0 fully saturated rings. The number of nitrogens with two attached hydrogens (primary N) is 1. The minimum atomic E-state index is -0.151. The van der Waals surface area contributed by atoms with Crippen molar-refractivity contribution in [3.8, 4) is 0 Å². The van der Waals surface area contributed by atoms with Gasteiger partial charge in [0.2, 0.25) is 0 Å². The van der Waals surface area contributed by atoms with Crippen LogP contribution in [0.1, 0.15) is 24.8 Å². The number of rotatable bonds is 6. The predicted molar refractivity (Wildman–Crippen MR) is 71.1 cm³/mol. The number of carbonyl (C=O) groups excluding carboxylic acids is 1. The predicted octanol–water partition coefficient (Wildman–Crippen LogP) is 2.25. The fourth-order valence-corrected chi connectivity index (χ4v) is 1.46. The van der Waals surface area contributed by atoms with E-state index in [0.717, 1.165) is 31.5 Å². The molecule has 4 N–H and O–H groups in total. The first-order chi connectivity index (χ1) is 8.22. The summed E-state index contributed by atoms with van der Waals surface area (Å²) in [5, 5.41) is 5.60. The van der Waals surface area contributed by atoms with Gasteiger partial charge in [-0.2, -0.15) is 0 Å². The van der Waals surface area contributed by atoms with Crippen LogP contribution in [0.3, 0.4) is 0 Å². The van der Waals surface area contributed by atoms with Gasteiger partial charge in [0.1, 0.15) is 0 Å². The van der Waals surface area contributed by atoms with Crippen molar-refractivity contribution < 1.29 is 4.79 Å². The van der Waals surface area contributed by atoms with Gasteiger partial charge in [0.15, 0.2) is 0 Å². The molecule has 0 aliphatic rings. The van der Waals surface area contributed by atoms with Crippen molar-refractivity contribution in [3.05, 3.63) is 29.8 Å². The van der Waals surface area contributed by atoms with Crippen LogP contribution in [0.15, 0.2) is 24.3 Å². The van der Waals surface area contributed by atoms with Crippen LogP contribution in [0.2, 0.25) is 0 Å². The molecule has 0 aromatic heterocycles. The lowest BCUT2D eigenvalue weighted by Gasteiger charge is -2.07. The van der Waals surface area contributed by atoms with Gasteiger partial charge in [0, 0.05) is 12.2 Å². The van der Waals surface area contributed by atoms with E-state index in [2.05, 4.69) is 10.6 Å². The first-order valence-corrected chi connectivity index (χ1v) is 6.04. The van der Waals surface area contributed by atoms with Gasteiger partial charge in [0.05, 0.1) is 0 Å². The number of amides is 2. The summed E-state index contributed by atoms with van der Waals surface area (Å²) in [4.78, 5) is 11.5. The van der Waals surface area contributed by atoms with E-state index in [9.17, 15) is 4.79 Å². The molecule has 0 atom stereocenters. The molecule has 0 saturated heterocycles. The van der Waals surface area contributed by atoms with Gasteiger partial charge in [-0.05, 0) is 38.4 Å². The Hall–Kier alpha value is -1.55. The largest absolute Gasteiger partial charge is 0.338 e. The number of unbranched alkanes of at least 4 members (excludes halogenated alkanes) is 2. The zero-order valence-electron chi connectivity index (χ0n) is 10.3. The third-order valence-electron chi connectivity index (χ3n) is 2.48. The monoisotopic (exact) mass is 235 g/mol. The number of hydrogen-bond acceptors (Lipinski definition) is 2. The third-order valence-corrected chi connectivity index (χ3v) is 2.48. The standard InChI is InChI=1S/C13H21N3O/c1-11-5-7-12(8-6-11)16-13(17)15-10-4-2-3-9-14/h5-8H,2-4,9-10,14H2,1H3,(H2,15,16,17). The SMILES string of the molecule is Cc1ccc(NC(=O)NCCCCCN)cc1. The zero-order chi connectivity index (χ0) is 12.5. The van der Waals surface area contributed by atoms with Gasteiger partial charge < -0.3 is 16.4 Å². The number of carbonyl (C=O) groups is 1. The van der Waals surface area contributed by atoms with Gasteiger partial charge in [-0.15, -0.1) is 0 Å². The number of benzene rings is 1. The summed E-state index contributed by atoms with van der Waals surface area (Å²) in [5.41, 5.74) is 7.38. The van der Waals surface area contributed by atoms with Crippen LogP contribution in [-0.4, -0.2) is 19.1 Å². The summed E-state index contributed by atoms with van der Waals surface area (Å²) in [7, 11) is 0. The van der Waals surface area contributed by atoms with Crippen LogP contribution >= 0.6 is 0 Å². The molecule has 0 aliphatic carbocycles. The number of aryl methyl sites for hydroxylation is 1. The molecule has 0 unspecified atom stereocenters. The van der Waals surface area contributed by atoms with Crippen LogP contribution in [0.4, 0.5) is 10.5 Å². The molecule has 94 valence electrons. The average Bonchev–Trinajstić information content (AvgIpc) is 2.32. The lowest BCUT2D eigenvalue weighted by Crippen LogP contribution is -2.29. The molecule has 0 aliphatic heterocycles. The van der Waals surface area contributed by atoms with Crippen molar-refractivity contribution in [1.82, 2.24) is 5.32 Å². The minimum Gasteiger partial charge on any atom is -0.338 e. The van der Waals surface area contributed by atoms with E-state index in [1.54, 1.807) is 0 Å². The molecular weight excluding hydrogens is 214 g/mol. The molecule has 0 heterocycles. The van der Waals surface area contributed by atoms with Crippen LogP contribution < -0.4 is 16.4 Å². The summed E-state index contributed by atoms with van der Waals surface area (Å²) in [6, 6.07) is 7.57. The molecule has 0 spiro atoms. The second-order valence-electron chi connectivity index (χ2n) is 4.10. The van der Waals surface area contributed by atoms with Gasteiger partial charge in [-0.1, -0.05) is 24.1 Å². The number of anilines is 1. The van der Waals surface area contributed by atoms with Crippen molar-refractivity contribution in [1.29, 1.82) is 0 Å². The van der Waals surface area contributed by atoms with Gasteiger partial charge in [0.25, 0.3) is 0 Å². The van der Waals surface area contributed by atoms with Crippen molar-refractivity contribution in [2.24, 2.45) is 5.73 Å². The molecule has 1 rings (SSSR count). The Labute approximate surface area is 103 Å². The Balaban J connectivity index is 2.18. The van der Waals surface area contributed by atoms with E-state index < -0.39 is 0 Å². The van der Waals surface area contributed by atoms with Gasteiger partial charge in [-0.25, -0.2) is 4.79 Å². The number of hydrogen-bond donors (Lipinski definition) is 3. The Morgan fingerprint density at radius 1 is 1.18 bits per heavy atom. The molecular formula is C13H21N3O. The molecule has 1 aromatic carbocycles. The normalized spacial score (nSPS) is 10.0. The quantitative estimate of drug-likeness (QED) is 0.662. The van der Waals surface area contributed by atoms with Gasteiger partial charge >= 0.3 is 6.03 Å². The Morgan fingerprint density at radius 2 is 1.88 bits per heavy atom. The summed E-state index contributed by atoms with van der Waals surface area (Å²) in [6.45, 7) is 3.43. The lowest BCUT2D eigenvalue weighted by molar-refractivity contribution is 0.252. The van der Waals surface area contributed by atoms with Crippen LogP contribution in [0.5, 0.6) is 0 Å². The number of urea groups is 1. The van der Waals surface area contributed by atoms with E-state index in [1.165, 1.54) is 5.56 Å². The highest BCUT2D eigenvalue weighted by Gasteiger charge is 1.99. The summed E-state index contributed by atoms with van der Waals surface area (Å²) in [6.07, 6.45) is 3.04. The van der Waals surface area contributed by atoms with Gasteiger partial charge in [-0.3, -0.25) is 0 Å². The Bertz CT molecular complexity index is 335. The Kier molecular flexibility index (Phi) is 6.10. The molecule has 0 saturated carbocycles. The number of nitrogens with one attached hydrogen (secondary N) is 2. The second kappa shape index (κ2) is 7.68. The maximum Gasteiger partial charge on any atom is 0.319 e. The highest BCUT2D eigenvalue weighted by atomic mass is 16.2. The smallest absolute Gasteiger partial charge is 0.319 e. The first-order valence-electron chi connectivity index (χ1n) is 6.04. The van der Waals surface area contributed by atoms with Crippen LogP contribution in [0.25, 0.3) is 0 Å². The molecule has 1 aromatic rings. The van der Waals surface area contributed by atoms with E-state index >= 15 is 0 Å². The molecule has 2 amide bonds. The van der Waals surface area contributed by atoms with E-state index in [4.69, 9.17) is 5.73 Å². The average molecular weight is 235 g/mol. The van der Waals surface area contributed by atoms with Crippen molar-refractivity contribution in [2.45, 2.75) is 26.2 Å². The highest BCUT2D eigenvalue weighted by Crippen LogP contribution is 2.07. The molecule has 17 heavy (non-hydrogen) atoms. The van der Waals surface area contributed by atoms with E-state index in [1.807, 2.05) is 31.2 Å². The maximum atomic E-state index is 11.5. The van der Waals surface area contributed by atoms with Crippen LogP contribution in [0, 0.1) is 6.92 Å². The fraction of sp³-hybridized carbons (Fsp3) is 0.462. The summed E-state index contributed by atoms with van der Waals surface area (Å²) in [5.74, 6) is 0. The first kappa shape index (κ1) is 13.5. The molecule has 4 heteroatoms. The topological polar surface area (TPSA) is 67.2 Å². The lowest BCUT2D eigenvalue weighted by atomic mass is 10.2. The van der Waals surface area contributed by atoms with E-state index in [-0.39, 0.29) is 6.03 Å². The van der Waals surface area contributed by atoms with Crippen molar-refractivity contribution in [3.63, 3.8) is 0 Å². The molecule has 0 radical (unpaired) electrons. The van der Waals surface area contributed by atoms with Crippen molar-refractivity contribution >= 4 is 11.7 Å². The van der Waals surface area contributed by atoms with Crippen molar-refractivity contribution in [2.75, 3.05) is 18.4 Å². The second-order valence-corrected chi connectivity index (χ2v) is 4.10. The fourth-order valence-electron chi connectivity index (χ4n) is 1.46. The molecule has 0 bridgehead atoms. The summed E-state index contributed by atoms with van der Waals surface area (Å²) >= 11 is 0. The third kappa shape index (κ3) is 5.92. The minimum absolute atomic E-state index is 0.151. The highest BCUT2D eigenvalue weighted by molar-refractivity contribution is 5.89. The molecule has 4 nitrogen and oxygen atoms in total. The van der Waals surface area contributed by atoms with E-state index in [0.29, 0.717) is 6.54 Å². The zero-order valence-corrected chi connectivity index (χ0v) is 10.3.